The molecule has 1 amide bonds. The van der Waals surface area contributed by atoms with E-state index >= 15 is 0 Å². The number of hydrogen-bond acceptors (Lipinski definition) is 6. The van der Waals surface area contributed by atoms with Crippen LogP contribution in [0.5, 0.6) is 17.2 Å². The minimum atomic E-state index is -0.740. The predicted octanol–water partition coefficient (Wildman–Crippen LogP) is 5.40. The van der Waals surface area contributed by atoms with Crippen molar-refractivity contribution in [2.75, 3.05) is 27.4 Å². The van der Waals surface area contributed by atoms with Crippen LogP contribution in [-0.2, 0) is 16.0 Å². The Morgan fingerprint density at radius 1 is 0.842 bits per heavy atom. The molecule has 0 spiro atoms. The molecule has 1 heterocycles. The number of hydrogen-bond donors (Lipinski definition) is 1. The number of likely N-dealkylation sites (tertiary alicyclic amines) is 1. The van der Waals surface area contributed by atoms with E-state index in [4.69, 9.17) is 14.2 Å². The first-order chi connectivity index (χ1) is 18.3. The van der Waals surface area contributed by atoms with Crippen LogP contribution in [-0.4, -0.2) is 49.1 Å². The Kier molecular flexibility index (Phi) is 8.36. The van der Waals surface area contributed by atoms with E-state index in [0.29, 0.717) is 48.1 Å². The van der Waals surface area contributed by atoms with Crippen LogP contribution in [0, 0.1) is 5.92 Å². The number of aliphatic hydroxyl groups excluding tert-OH is 1. The van der Waals surface area contributed by atoms with Crippen molar-refractivity contribution >= 4 is 17.4 Å². The van der Waals surface area contributed by atoms with E-state index in [0.717, 1.165) is 11.3 Å². The van der Waals surface area contributed by atoms with Crippen molar-refractivity contribution in [2.24, 2.45) is 5.92 Å². The van der Waals surface area contributed by atoms with Gasteiger partial charge in [-0.1, -0.05) is 38.1 Å². The number of aliphatic hydroxyl groups is 1. The summed E-state index contributed by atoms with van der Waals surface area (Å²) in [5, 5.41) is 11.3. The summed E-state index contributed by atoms with van der Waals surface area (Å²) in [6, 6.07) is 20.9. The third kappa shape index (κ3) is 5.83. The van der Waals surface area contributed by atoms with Gasteiger partial charge in [0.05, 0.1) is 32.4 Å². The summed E-state index contributed by atoms with van der Waals surface area (Å²) in [5.41, 5.74) is 2.20. The fourth-order valence-electron chi connectivity index (χ4n) is 4.41. The second-order valence-electron chi connectivity index (χ2n) is 9.59. The lowest BCUT2D eigenvalue weighted by Gasteiger charge is -2.25. The Morgan fingerprint density at radius 3 is 1.95 bits per heavy atom. The molecule has 3 aromatic rings. The molecule has 0 aliphatic carbocycles. The van der Waals surface area contributed by atoms with Gasteiger partial charge in [-0.2, -0.15) is 0 Å². The number of benzene rings is 3. The lowest BCUT2D eigenvalue weighted by molar-refractivity contribution is -0.139. The summed E-state index contributed by atoms with van der Waals surface area (Å²) < 4.78 is 16.2. The largest absolute Gasteiger partial charge is 0.507 e. The number of rotatable bonds is 10. The fourth-order valence-corrected chi connectivity index (χ4v) is 4.41. The summed E-state index contributed by atoms with van der Waals surface area (Å²) in [6.45, 7) is 4.99. The summed E-state index contributed by atoms with van der Waals surface area (Å²) in [4.78, 5) is 28.1. The highest BCUT2D eigenvalue weighted by atomic mass is 16.5. The van der Waals surface area contributed by atoms with Crippen LogP contribution in [0.1, 0.15) is 36.6 Å². The molecule has 7 heteroatoms. The molecular weight excluding hydrogens is 482 g/mol. The second kappa shape index (κ2) is 11.9. The molecule has 1 aliphatic heterocycles. The van der Waals surface area contributed by atoms with Gasteiger partial charge < -0.3 is 24.2 Å². The van der Waals surface area contributed by atoms with Crippen LogP contribution in [0.15, 0.2) is 78.4 Å². The SMILES string of the molecule is COc1ccc(CCN2C(=O)C(=O)/C(=C(\O)c3ccc(OCC(C)C)cc3)C2c2ccc(OC)cc2)cc1. The lowest BCUT2D eigenvalue weighted by atomic mass is 9.95. The van der Waals surface area contributed by atoms with E-state index in [-0.39, 0.29) is 11.3 Å². The van der Waals surface area contributed by atoms with Gasteiger partial charge in [0, 0.05) is 12.1 Å². The van der Waals surface area contributed by atoms with Gasteiger partial charge in [-0.3, -0.25) is 9.59 Å². The average Bonchev–Trinajstić information content (AvgIpc) is 3.20. The fraction of sp³-hybridized carbons (Fsp3) is 0.290. The van der Waals surface area contributed by atoms with Crippen LogP contribution in [0.2, 0.25) is 0 Å². The van der Waals surface area contributed by atoms with Crippen molar-refractivity contribution in [1.82, 2.24) is 4.90 Å². The summed E-state index contributed by atoms with van der Waals surface area (Å²) >= 11 is 0. The molecule has 0 bridgehead atoms. The number of methoxy groups -OCH3 is 2. The Morgan fingerprint density at radius 2 is 1.39 bits per heavy atom. The van der Waals surface area contributed by atoms with Gasteiger partial charge in [-0.05, 0) is 72.0 Å². The van der Waals surface area contributed by atoms with Gasteiger partial charge in [0.1, 0.15) is 23.0 Å². The van der Waals surface area contributed by atoms with Gasteiger partial charge in [0.25, 0.3) is 11.7 Å². The zero-order valence-electron chi connectivity index (χ0n) is 22.1. The van der Waals surface area contributed by atoms with Gasteiger partial charge in [0.2, 0.25) is 0 Å². The van der Waals surface area contributed by atoms with Crippen LogP contribution < -0.4 is 14.2 Å². The molecule has 1 fully saturated rings. The highest BCUT2D eigenvalue weighted by Crippen LogP contribution is 2.40. The third-order valence-corrected chi connectivity index (χ3v) is 6.48. The predicted molar refractivity (Wildman–Crippen MR) is 145 cm³/mol. The molecule has 1 aliphatic rings. The molecule has 4 rings (SSSR count). The Labute approximate surface area is 223 Å². The Hall–Kier alpha value is -4.26. The van der Waals surface area contributed by atoms with E-state index in [9.17, 15) is 14.7 Å². The highest BCUT2D eigenvalue weighted by molar-refractivity contribution is 6.46. The average molecular weight is 516 g/mol. The van der Waals surface area contributed by atoms with Crippen molar-refractivity contribution in [3.05, 3.63) is 95.1 Å². The topological polar surface area (TPSA) is 85.3 Å². The minimum absolute atomic E-state index is 0.0609. The molecule has 1 atom stereocenters. The van der Waals surface area contributed by atoms with Crippen molar-refractivity contribution in [3.8, 4) is 17.2 Å². The Bertz CT molecular complexity index is 1290. The normalized spacial score (nSPS) is 16.7. The molecule has 198 valence electrons. The van der Waals surface area contributed by atoms with Crippen molar-refractivity contribution in [2.45, 2.75) is 26.3 Å². The maximum atomic E-state index is 13.3. The number of ketones is 1. The second-order valence-corrected chi connectivity index (χ2v) is 9.59. The maximum Gasteiger partial charge on any atom is 0.295 e. The monoisotopic (exact) mass is 515 g/mol. The molecule has 3 aromatic carbocycles. The molecule has 1 saturated heterocycles. The molecule has 38 heavy (non-hydrogen) atoms. The van der Waals surface area contributed by atoms with Gasteiger partial charge in [0.15, 0.2) is 0 Å². The van der Waals surface area contributed by atoms with E-state index < -0.39 is 17.7 Å². The number of nitrogens with zero attached hydrogens (tertiary/aromatic N) is 1. The molecule has 1 N–H and O–H groups in total. The molecule has 1 unspecified atom stereocenters. The van der Waals surface area contributed by atoms with Gasteiger partial charge in [-0.15, -0.1) is 0 Å². The van der Waals surface area contributed by atoms with Gasteiger partial charge >= 0.3 is 0 Å². The summed E-state index contributed by atoms with van der Waals surface area (Å²) in [6.07, 6.45) is 0.533. The van der Waals surface area contributed by atoms with Crippen LogP contribution in [0.4, 0.5) is 0 Å². The lowest BCUT2D eigenvalue weighted by Crippen LogP contribution is -2.31. The highest BCUT2D eigenvalue weighted by Gasteiger charge is 2.45. The molecule has 0 aromatic heterocycles. The molecule has 7 nitrogen and oxygen atoms in total. The summed E-state index contributed by atoms with van der Waals surface area (Å²) in [7, 11) is 3.18. The first-order valence-electron chi connectivity index (χ1n) is 12.6. The van der Waals surface area contributed by atoms with E-state index in [1.807, 2.05) is 36.4 Å². The molecular formula is C31H33NO6. The quantitative estimate of drug-likeness (QED) is 0.221. The standard InChI is InChI=1S/C31H33NO6/c1-20(2)19-38-26-15-9-23(10-16-26)29(33)27-28(22-7-13-25(37-4)14-8-22)32(31(35)30(27)34)18-17-21-5-11-24(36-3)12-6-21/h5-16,20,28,33H,17-19H2,1-4H3/b29-27-. The van der Waals surface area contributed by atoms with Gasteiger partial charge in [-0.25, -0.2) is 0 Å². The van der Waals surface area contributed by atoms with Crippen LogP contribution in [0.3, 0.4) is 0 Å². The Balaban J connectivity index is 1.68. The molecule has 0 radical (unpaired) electrons. The maximum absolute atomic E-state index is 13.3. The number of carbonyl (C=O) groups excluding carboxylic acids is 2. The van der Waals surface area contributed by atoms with Crippen molar-refractivity contribution < 1.29 is 28.9 Å². The number of amides is 1. The molecule has 0 saturated carbocycles. The number of carbonyl (C=O) groups is 2. The zero-order chi connectivity index (χ0) is 27.2. The number of ether oxygens (including phenoxy) is 3. The first-order valence-corrected chi connectivity index (χ1v) is 12.6. The zero-order valence-corrected chi connectivity index (χ0v) is 22.1. The van der Waals surface area contributed by atoms with Crippen LogP contribution in [0.25, 0.3) is 5.76 Å². The van der Waals surface area contributed by atoms with E-state index in [2.05, 4.69) is 13.8 Å². The first kappa shape index (κ1) is 26.8. The minimum Gasteiger partial charge on any atom is -0.507 e. The van der Waals surface area contributed by atoms with Crippen molar-refractivity contribution in [1.29, 1.82) is 0 Å². The smallest absolute Gasteiger partial charge is 0.295 e. The summed E-state index contributed by atoms with van der Waals surface area (Å²) in [5.74, 6) is 0.875. The van der Waals surface area contributed by atoms with Crippen molar-refractivity contribution in [3.63, 3.8) is 0 Å². The van der Waals surface area contributed by atoms with Crippen LogP contribution >= 0.6 is 0 Å². The van der Waals surface area contributed by atoms with E-state index in [1.54, 1.807) is 50.6 Å². The van der Waals surface area contributed by atoms with E-state index in [1.165, 1.54) is 4.90 Å². The third-order valence-electron chi connectivity index (χ3n) is 6.48. The number of Topliss-reactive ketones (excluding diaryl/α,β-unsaturated/α-hetero) is 1.